The number of thiophene rings is 1. The number of aromatic nitrogens is 2. The predicted octanol–water partition coefficient (Wildman–Crippen LogP) is 1.14. The fourth-order valence-electron chi connectivity index (χ4n) is 2.55. The maximum absolute atomic E-state index is 12.2. The van der Waals surface area contributed by atoms with E-state index >= 15 is 0 Å². The Morgan fingerprint density at radius 3 is 3.29 bits per heavy atom. The van der Waals surface area contributed by atoms with Gasteiger partial charge in [0.1, 0.15) is 11.4 Å². The first-order chi connectivity index (χ1) is 10.1. The summed E-state index contributed by atoms with van der Waals surface area (Å²) < 4.78 is 6.88. The Morgan fingerprint density at radius 2 is 2.52 bits per heavy atom. The third-order valence-corrected chi connectivity index (χ3v) is 4.50. The lowest BCUT2D eigenvalue weighted by molar-refractivity contribution is -0.123. The minimum atomic E-state index is -0.198. The molecule has 0 saturated carbocycles. The molecule has 112 valence electrons. The Balaban J connectivity index is 1.68. The van der Waals surface area contributed by atoms with Crippen molar-refractivity contribution >= 4 is 27.5 Å². The van der Waals surface area contributed by atoms with Crippen LogP contribution in [0, 0.1) is 0 Å². The monoisotopic (exact) mass is 307 g/mol. The lowest BCUT2D eigenvalue weighted by Crippen LogP contribution is -2.43. The van der Waals surface area contributed by atoms with Crippen molar-refractivity contribution in [2.75, 3.05) is 6.61 Å². The molecule has 1 fully saturated rings. The zero-order valence-electron chi connectivity index (χ0n) is 11.7. The van der Waals surface area contributed by atoms with Crippen molar-refractivity contribution in [1.29, 1.82) is 0 Å². The van der Waals surface area contributed by atoms with Gasteiger partial charge in [-0.2, -0.15) is 0 Å². The second-order valence-corrected chi connectivity index (χ2v) is 6.12. The lowest BCUT2D eigenvalue weighted by atomic mass is 10.1. The van der Waals surface area contributed by atoms with Crippen molar-refractivity contribution in [1.82, 2.24) is 14.9 Å². The zero-order valence-corrected chi connectivity index (χ0v) is 12.6. The predicted molar refractivity (Wildman–Crippen MR) is 80.5 cm³/mol. The van der Waals surface area contributed by atoms with Crippen LogP contribution in [0.5, 0.6) is 0 Å². The Hall–Kier alpha value is -1.73. The van der Waals surface area contributed by atoms with E-state index in [1.165, 1.54) is 22.2 Å². The molecule has 1 N–H and O–H groups in total. The average Bonchev–Trinajstić information content (AvgIpc) is 3.12. The van der Waals surface area contributed by atoms with Gasteiger partial charge in [-0.1, -0.05) is 0 Å². The number of amides is 1. The SMILES string of the molecule is C[C@H](NC(=O)Cn1cnc2sccc2c1=O)[C@H]1CCCO1. The summed E-state index contributed by atoms with van der Waals surface area (Å²) in [6.45, 7) is 2.66. The maximum atomic E-state index is 12.2. The minimum Gasteiger partial charge on any atom is -0.376 e. The number of rotatable bonds is 4. The number of hydrogen-bond donors (Lipinski definition) is 1. The van der Waals surface area contributed by atoms with Gasteiger partial charge in [-0.25, -0.2) is 4.98 Å². The van der Waals surface area contributed by atoms with Gasteiger partial charge in [-0.3, -0.25) is 14.2 Å². The number of carbonyl (C=O) groups is 1. The molecule has 3 rings (SSSR count). The molecular weight excluding hydrogens is 290 g/mol. The van der Waals surface area contributed by atoms with Gasteiger partial charge in [0, 0.05) is 6.61 Å². The van der Waals surface area contributed by atoms with Crippen LogP contribution < -0.4 is 10.9 Å². The first-order valence-electron chi connectivity index (χ1n) is 6.99. The minimum absolute atomic E-state index is 0.0192. The van der Waals surface area contributed by atoms with E-state index in [-0.39, 0.29) is 30.2 Å². The molecule has 3 heterocycles. The highest BCUT2D eigenvalue weighted by Gasteiger charge is 2.23. The van der Waals surface area contributed by atoms with Gasteiger partial charge in [-0.15, -0.1) is 11.3 Å². The molecule has 2 aromatic heterocycles. The molecule has 1 aliphatic heterocycles. The lowest BCUT2D eigenvalue weighted by Gasteiger charge is -2.20. The number of carbonyl (C=O) groups excluding carboxylic acids is 1. The highest BCUT2D eigenvalue weighted by molar-refractivity contribution is 7.16. The van der Waals surface area contributed by atoms with Crippen LogP contribution in [-0.4, -0.2) is 34.2 Å². The van der Waals surface area contributed by atoms with Crippen LogP contribution in [0.3, 0.4) is 0 Å². The summed E-state index contributed by atoms with van der Waals surface area (Å²) in [7, 11) is 0. The van der Waals surface area contributed by atoms with E-state index in [0.717, 1.165) is 19.4 Å². The Bertz CT molecular complexity index is 703. The van der Waals surface area contributed by atoms with Gasteiger partial charge in [0.15, 0.2) is 0 Å². The fourth-order valence-corrected chi connectivity index (χ4v) is 3.27. The average molecular weight is 307 g/mol. The molecule has 0 aromatic carbocycles. The van der Waals surface area contributed by atoms with Gasteiger partial charge >= 0.3 is 0 Å². The van der Waals surface area contributed by atoms with Crippen molar-refractivity contribution in [3.05, 3.63) is 28.1 Å². The van der Waals surface area contributed by atoms with Gasteiger partial charge in [0.05, 0.1) is 23.9 Å². The van der Waals surface area contributed by atoms with E-state index in [0.29, 0.717) is 10.2 Å². The highest BCUT2D eigenvalue weighted by atomic mass is 32.1. The third-order valence-electron chi connectivity index (χ3n) is 3.68. The summed E-state index contributed by atoms with van der Waals surface area (Å²) in [6, 6.07) is 1.69. The van der Waals surface area contributed by atoms with Crippen LogP contribution in [0.4, 0.5) is 0 Å². The first kappa shape index (κ1) is 14.2. The summed E-state index contributed by atoms with van der Waals surface area (Å²) in [5, 5.41) is 5.27. The summed E-state index contributed by atoms with van der Waals surface area (Å²) in [5.74, 6) is -0.198. The van der Waals surface area contributed by atoms with Crippen LogP contribution in [0.1, 0.15) is 19.8 Å². The van der Waals surface area contributed by atoms with Gasteiger partial charge in [0.2, 0.25) is 5.91 Å². The second-order valence-electron chi connectivity index (χ2n) is 5.22. The van der Waals surface area contributed by atoms with Crippen LogP contribution in [0.25, 0.3) is 10.2 Å². The topological polar surface area (TPSA) is 73.2 Å². The fraction of sp³-hybridized carbons (Fsp3) is 0.500. The van der Waals surface area contributed by atoms with E-state index in [4.69, 9.17) is 4.74 Å². The molecule has 2 atom stereocenters. The van der Waals surface area contributed by atoms with Gasteiger partial charge < -0.3 is 10.1 Å². The maximum Gasteiger partial charge on any atom is 0.262 e. The molecule has 0 aliphatic carbocycles. The molecule has 0 bridgehead atoms. The first-order valence-corrected chi connectivity index (χ1v) is 7.87. The second kappa shape index (κ2) is 5.95. The molecule has 7 heteroatoms. The number of nitrogens with one attached hydrogen (secondary N) is 1. The summed E-state index contributed by atoms with van der Waals surface area (Å²) in [4.78, 5) is 29.1. The van der Waals surface area contributed by atoms with E-state index in [1.54, 1.807) is 6.07 Å². The van der Waals surface area contributed by atoms with Gasteiger partial charge in [-0.05, 0) is 31.2 Å². The number of nitrogens with zero attached hydrogens (tertiary/aromatic N) is 2. The Morgan fingerprint density at radius 1 is 1.67 bits per heavy atom. The Kier molecular flexibility index (Phi) is 4.03. The standard InChI is InChI=1S/C14H17N3O3S/c1-9(11-3-2-5-20-11)16-12(18)7-17-8-15-13-10(14(17)19)4-6-21-13/h4,6,8-9,11H,2-3,5,7H2,1H3,(H,16,18)/t9-,11+/m0/s1. The van der Waals surface area contributed by atoms with Crippen molar-refractivity contribution < 1.29 is 9.53 Å². The quantitative estimate of drug-likeness (QED) is 0.919. The largest absolute Gasteiger partial charge is 0.376 e. The van der Waals surface area contributed by atoms with E-state index in [2.05, 4.69) is 10.3 Å². The molecule has 2 aromatic rings. The van der Waals surface area contributed by atoms with Crippen molar-refractivity contribution in [2.24, 2.45) is 0 Å². The number of ether oxygens (including phenoxy) is 1. The smallest absolute Gasteiger partial charge is 0.262 e. The molecule has 0 radical (unpaired) electrons. The summed E-state index contributed by atoms with van der Waals surface area (Å²) in [6.07, 6.45) is 3.49. The van der Waals surface area contributed by atoms with Crippen molar-refractivity contribution in [3.63, 3.8) is 0 Å². The van der Waals surface area contributed by atoms with Crippen molar-refractivity contribution in [3.8, 4) is 0 Å². The summed E-state index contributed by atoms with van der Waals surface area (Å²) in [5.41, 5.74) is -0.179. The van der Waals surface area contributed by atoms with E-state index in [1.807, 2.05) is 12.3 Å². The third kappa shape index (κ3) is 2.98. The highest BCUT2D eigenvalue weighted by Crippen LogP contribution is 2.15. The molecule has 6 nitrogen and oxygen atoms in total. The van der Waals surface area contributed by atoms with E-state index < -0.39 is 0 Å². The number of fused-ring (bicyclic) bond motifs is 1. The molecular formula is C14H17N3O3S. The molecule has 1 saturated heterocycles. The normalized spacial score (nSPS) is 19.8. The van der Waals surface area contributed by atoms with Crippen LogP contribution >= 0.6 is 11.3 Å². The molecule has 1 amide bonds. The molecule has 0 spiro atoms. The number of hydrogen-bond acceptors (Lipinski definition) is 5. The summed E-state index contributed by atoms with van der Waals surface area (Å²) >= 11 is 1.42. The van der Waals surface area contributed by atoms with Gasteiger partial charge in [0.25, 0.3) is 5.56 Å². The zero-order chi connectivity index (χ0) is 14.8. The van der Waals surface area contributed by atoms with Crippen LogP contribution in [0.2, 0.25) is 0 Å². The van der Waals surface area contributed by atoms with Crippen LogP contribution in [-0.2, 0) is 16.1 Å². The molecule has 21 heavy (non-hydrogen) atoms. The molecule has 0 unspecified atom stereocenters. The Labute approximate surface area is 125 Å². The molecule has 1 aliphatic rings. The van der Waals surface area contributed by atoms with E-state index in [9.17, 15) is 9.59 Å². The van der Waals surface area contributed by atoms with Crippen LogP contribution in [0.15, 0.2) is 22.6 Å². The van der Waals surface area contributed by atoms with Crippen molar-refractivity contribution in [2.45, 2.75) is 38.5 Å².